The molecule has 4 aromatic rings. The molecule has 7 nitrogen and oxygen atoms in total. The molecule has 1 amide bonds. The van der Waals surface area contributed by atoms with E-state index in [0.717, 1.165) is 28.1 Å². The Kier molecular flexibility index (Phi) is 4.65. The number of nitrogens with one attached hydrogen (secondary N) is 2. The molecule has 0 aliphatic heterocycles. The number of nitrogens with zero attached hydrogens (tertiary/aromatic N) is 3. The second-order valence-corrected chi connectivity index (χ2v) is 6.32. The van der Waals surface area contributed by atoms with E-state index in [0.29, 0.717) is 31.0 Å². The number of rotatable bonds is 6. The molecule has 2 heterocycles. The third kappa shape index (κ3) is 4.03. The summed E-state index contributed by atoms with van der Waals surface area (Å²) in [7, 11) is 0. The number of carbonyl (C=O) groups excluding carboxylic acids is 1. The minimum absolute atomic E-state index is 0.0391. The Labute approximate surface area is 155 Å². The van der Waals surface area contributed by atoms with E-state index in [2.05, 4.69) is 25.4 Å². The number of amides is 1. The predicted molar refractivity (Wildman–Crippen MR) is 102 cm³/mol. The number of anilines is 1. The highest BCUT2D eigenvalue weighted by atomic mass is 16.5. The van der Waals surface area contributed by atoms with Gasteiger partial charge in [0.2, 0.25) is 11.8 Å². The van der Waals surface area contributed by atoms with Crippen LogP contribution < -0.4 is 5.32 Å². The first kappa shape index (κ1) is 17.0. The molecule has 0 bridgehead atoms. The molecule has 27 heavy (non-hydrogen) atoms. The predicted octanol–water partition coefficient (Wildman–Crippen LogP) is 3.88. The summed E-state index contributed by atoms with van der Waals surface area (Å²) in [5, 5.41) is 6.64. The van der Waals surface area contributed by atoms with Crippen LogP contribution in [0.3, 0.4) is 0 Å². The minimum Gasteiger partial charge on any atom is -0.339 e. The molecule has 0 atom stereocenters. The van der Waals surface area contributed by atoms with Crippen LogP contribution in [-0.4, -0.2) is 26.0 Å². The molecule has 0 aliphatic carbocycles. The molecule has 2 aromatic carbocycles. The van der Waals surface area contributed by atoms with E-state index in [1.165, 1.54) is 0 Å². The number of aromatic nitrogens is 4. The fourth-order valence-electron chi connectivity index (χ4n) is 2.87. The average Bonchev–Trinajstić information content (AvgIpc) is 3.28. The number of hydrogen-bond acceptors (Lipinski definition) is 5. The van der Waals surface area contributed by atoms with Crippen LogP contribution in [0.1, 0.15) is 24.6 Å². The summed E-state index contributed by atoms with van der Waals surface area (Å²) in [6.07, 6.45) is 1.65. The van der Waals surface area contributed by atoms with E-state index < -0.39 is 0 Å². The van der Waals surface area contributed by atoms with Gasteiger partial charge < -0.3 is 14.8 Å². The fraction of sp³-hybridized carbons (Fsp3) is 0.200. The van der Waals surface area contributed by atoms with Crippen molar-refractivity contribution in [2.45, 2.75) is 26.2 Å². The maximum absolute atomic E-state index is 12.1. The van der Waals surface area contributed by atoms with Gasteiger partial charge in [0.15, 0.2) is 5.82 Å². The molecule has 2 aromatic heterocycles. The lowest BCUT2D eigenvalue weighted by Gasteiger charge is -2.05. The third-order valence-corrected chi connectivity index (χ3v) is 4.20. The zero-order valence-electron chi connectivity index (χ0n) is 14.9. The molecule has 2 N–H and O–H groups in total. The lowest BCUT2D eigenvalue weighted by Crippen LogP contribution is -2.11. The summed E-state index contributed by atoms with van der Waals surface area (Å²) in [5.41, 5.74) is 3.66. The monoisotopic (exact) mass is 361 g/mol. The largest absolute Gasteiger partial charge is 0.339 e. The molecular formula is C20H19N5O2. The number of fused-ring (bicyclic) bond motifs is 1. The van der Waals surface area contributed by atoms with Gasteiger partial charge in [-0.05, 0) is 49.7 Å². The number of para-hydroxylation sites is 2. The number of H-pyrrole nitrogens is 1. The summed E-state index contributed by atoms with van der Waals surface area (Å²) in [4.78, 5) is 24.1. The van der Waals surface area contributed by atoms with Crippen molar-refractivity contribution in [2.75, 3.05) is 5.32 Å². The molecule has 0 unspecified atom stereocenters. The molecule has 136 valence electrons. The van der Waals surface area contributed by atoms with Crippen molar-refractivity contribution in [1.29, 1.82) is 0 Å². The Balaban J connectivity index is 1.33. The zero-order chi connectivity index (χ0) is 18.6. The Morgan fingerprint density at radius 1 is 1.11 bits per heavy atom. The van der Waals surface area contributed by atoms with Gasteiger partial charge in [-0.15, -0.1) is 0 Å². The Bertz CT molecular complexity index is 1030. The third-order valence-electron chi connectivity index (χ3n) is 4.20. The van der Waals surface area contributed by atoms with Crippen LogP contribution in [0.2, 0.25) is 0 Å². The molecule has 0 saturated heterocycles. The minimum atomic E-state index is -0.0391. The van der Waals surface area contributed by atoms with Gasteiger partial charge in [0.05, 0.1) is 11.0 Å². The molecule has 0 spiro atoms. The number of aromatic amines is 1. The quantitative estimate of drug-likeness (QED) is 0.543. The van der Waals surface area contributed by atoms with Crippen LogP contribution in [0.25, 0.3) is 22.4 Å². The molecule has 0 fully saturated rings. The van der Waals surface area contributed by atoms with Crippen LogP contribution in [-0.2, 0) is 11.2 Å². The number of imidazole rings is 1. The summed E-state index contributed by atoms with van der Waals surface area (Å²) in [6.45, 7) is 1.77. The highest BCUT2D eigenvalue weighted by Crippen LogP contribution is 2.22. The summed E-state index contributed by atoms with van der Waals surface area (Å²) < 4.78 is 5.04. The fourth-order valence-corrected chi connectivity index (χ4v) is 2.87. The maximum Gasteiger partial charge on any atom is 0.226 e. The first-order valence-corrected chi connectivity index (χ1v) is 8.81. The standard InChI is InChI=1S/C20H19N5O2/c1-13-21-19(27-25-13)8-4-7-18(26)22-15-11-9-14(10-12-15)20-23-16-5-2-3-6-17(16)24-20/h2-3,5-6,9-12H,4,7-8H2,1H3,(H,22,26)(H,23,24). The van der Waals surface area contributed by atoms with Gasteiger partial charge in [-0.1, -0.05) is 17.3 Å². The van der Waals surface area contributed by atoms with Crippen molar-refractivity contribution in [2.24, 2.45) is 0 Å². The van der Waals surface area contributed by atoms with Crippen LogP contribution in [0.15, 0.2) is 53.1 Å². The van der Waals surface area contributed by atoms with E-state index in [9.17, 15) is 4.79 Å². The first-order valence-electron chi connectivity index (χ1n) is 8.81. The van der Waals surface area contributed by atoms with Crippen LogP contribution >= 0.6 is 0 Å². The lowest BCUT2D eigenvalue weighted by atomic mass is 10.2. The van der Waals surface area contributed by atoms with Crippen LogP contribution in [0, 0.1) is 6.92 Å². The average molecular weight is 361 g/mol. The van der Waals surface area contributed by atoms with Gasteiger partial charge in [0, 0.05) is 24.1 Å². The smallest absolute Gasteiger partial charge is 0.226 e. The zero-order valence-corrected chi connectivity index (χ0v) is 14.9. The van der Waals surface area contributed by atoms with Crippen molar-refractivity contribution in [3.8, 4) is 11.4 Å². The Morgan fingerprint density at radius 3 is 2.67 bits per heavy atom. The number of benzene rings is 2. The SMILES string of the molecule is Cc1noc(CCCC(=O)Nc2ccc(-c3nc4ccccc4[nH]3)cc2)n1. The van der Waals surface area contributed by atoms with E-state index in [1.807, 2.05) is 48.5 Å². The molecule has 0 radical (unpaired) electrons. The highest BCUT2D eigenvalue weighted by molar-refractivity contribution is 5.91. The van der Waals surface area contributed by atoms with E-state index in [4.69, 9.17) is 4.52 Å². The second kappa shape index (κ2) is 7.41. The summed E-state index contributed by atoms with van der Waals surface area (Å²) in [5.74, 6) is 1.95. The lowest BCUT2D eigenvalue weighted by molar-refractivity contribution is -0.116. The van der Waals surface area contributed by atoms with Gasteiger partial charge in [-0.25, -0.2) is 4.98 Å². The van der Waals surface area contributed by atoms with Crippen molar-refractivity contribution in [1.82, 2.24) is 20.1 Å². The summed E-state index contributed by atoms with van der Waals surface area (Å²) >= 11 is 0. The van der Waals surface area contributed by atoms with E-state index >= 15 is 0 Å². The second-order valence-electron chi connectivity index (χ2n) is 6.32. The number of carbonyl (C=O) groups is 1. The number of aryl methyl sites for hydroxylation is 2. The molecule has 7 heteroatoms. The van der Waals surface area contributed by atoms with Crippen LogP contribution in [0.4, 0.5) is 5.69 Å². The van der Waals surface area contributed by atoms with Gasteiger partial charge in [0.1, 0.15) is 5.82 Å². The van der Waals surface area contributed by atoms with Crippen molar-refractivity contribution in [3.05, 3.63) is 60.2 Å². The maximum atomic E-state index is 12.1. The normalized spacial score (nSPS) is 11.0. The van der Waals surface area contributed by atoms with Crippen LogP contribution in [0.5, 0.6) is 0 Å². The topological polar surface area (TPSA) is 96.7 Å². The molecule has 0 saturated carbocycles. The Hall–Kier alpha value is -3.48. The van der Waals surface area contributed by atoms with Gasteiger partial charge in [-0.3, -0.25) is 4.79 Å². The summed E-state index contributed by atoms with van der Waals surface area (Å²) in [6, 6.07) is 15.5. The highest BCUT2D eigenvalue weighted by Gasteiger charge is 2.08. The number of hydrogen-bond donors (Lipinski definition) is 2. The van der Waals surface area contributed by atoms with Crippen molar-refractivity contribution in [3.63, 3.8) is 0 Å². The van der Waals surface area contributed by atoms with E-state index in [-0.39, 0.29) is 5.91 Å². The Morgan fingerprint density at radius 2 is 1.93 bits per heavy atom. The first-order chi connectivity index (χ1) is 13.2. The molecule has 4 rings (SSSR count). The van der Waals surface area contributed by atoms with Crippen molar-refractivity contribution < 1.29 is 9.32 Å². The molecular weight excluding hydrogens is 342 g/mol. The van der Waals surface area contributed by atoms with Gasteiger partial charge in [-0.2, -0.15) is 4.98 Å². The van der Waals surface area contributed by atoms with Gasteiger partial charge >= 0.3 is 0 Å². The van der Waals surface area contributed by atoms with E-state index in [1.54, 1.807) is 6.92 Å². The van der Waals surface area contributed by atoms with Gasteiger partial charge in [0.25, 0.3) is 0 Å². The van der Waals surface area contributed by atoms with Crippen molar-refractivity contribution >= 4 is 22.6 Å². The molecule has 0 aliphatic rings.